The van der Waals surface area contributed by atoms with E-state index in [-0.39, 0.29) is 6.10 Å². The molecule has 2 unspecified atom stereocenters. The van der Waals surface area contributed by atoms with E-state index in [0.29, 0.717) is 17.8 Å². The first-order valence-electron chi connectivity index (χ1n) is 7.58. The standard InChI is InChI=1S/C16H27N3O/c1-11(2)20-16-10-14(8-9-15(16)17)18-19-12(3)6-5-7-13(19)4/h8-13,18H,5-7,17H2,1-4H3. The molecule has 20 heavy (non-hydrogen) atoms. The number of hydrogen-bond acceptors (Lipinski definition) is 4. The third-order valence-corrected chi connectivity index (χ3v) is 3.83. The van der Waals surface area contributed by atoms with E-state index < -0.39 is 0 Å². The van der Waals surface area contributed by atoms with Crippen molar-refractivity contribution >= 4 is 11.4 Å². The molecule has 0 bridgehead atoms. The molecule has 112 valence electrons. The second kappa shape index (κ2) is 6.35. The molecule has 0 aromatic heterocycles. The fourth-order valence-corrected chi connectivity index (χ4v) is 2.75. The topological polar surface area (TPSA) is 50.5 Å². The van der Waals surface area contributed by atoms with Gasteiger partial charge in [0.1, 0.15) is 5.75 Å². The Morgan fingerprint density at radius 2 is 1.90 bits per heavy atom. The average molecular weight is 277 g/mol. The van der Waals surface area contributed by atoms with Crippen LogP contribution in [-0.4, -0.2) is 23.2 Å². The third-order valence-electron chi connectivity index (χ3n) is 3.83. The molecule has 0 spiro atoms. The number of hydrogen-bond donors (Lipinski definition) is 2. The van der Waals surface area contributed by atoms with Gasteiger partial charge in [0.2, 0.25) is 0 Å². The fourth-order valence-electron chi connectivity index (χ4n) is 2.75. The molecule has 0 aliphatic carbocycles. The molecule has 2 atom stereocenters. The maximum Gasteiger partial charge on any atom is 0.144 e. The monoisotopic (exact) mass is 277 g/mol. The molecule has 4 nitrogen and oxygen atoms in total. The van der Waals surface area contributed by atoms with E-state index in [1.165, 1.54) is 19.3 Å². The highest BCUT2D eigenvalue weighted by Gasteiger charge is 2.24. The zero-order chi connectivity index (χ0) is 14.7. The molecular formula is C16H27N3O. The minimum atomic E-state index is 0.125. The van der Waals surface area contributed by atoms with E-state index in [9.17, 15) is 0 Å². The van der Waals surface area contributed by atoms with Crippen LogP contribution < -0.4 is 15.9 Å². The first-order chi connectivity index (χ1) is 9.47. The molecule has 0 amide bonds. The number of nitrogens with two attached hydrogens (primary N) is 1. The molecule has 0 saturated carbocycles. The largest absolute Gasteiger partial charge is 0.489 e. The molecule has 1 heterocycles. The number of piperidine rings is 1. The molecule has 2 rings (SSSR count). The fraction of sp³-hybridized carbons (Fsp3) is 0.625. The lowest BCUT2D eigenvalue weighted by Gasteiger charge is -2.39. The predicted octanol–water partition coefficient (Wildman–Crippen LogP) is 3.65. The molecule has 1 aliphatic heterocycles. The van der Waals surface area contributed by atoms with E-state index in [1.54, 1.807) is 0 Å². The number of ether oxygens (including phenoxy) is 1. The Bertz CT molecular complexity index is 437. The van der Waals surface area contributed by atoms with Crippen molar-refractivity contribution in [3.63, 3.8) is 0 Å². The number of hydrazine groups is 1. The van der Waals surface area contributed by atoms with Gasteiger partial charge in [-0.05, 0) is 52.7 Å². The Balaban J connectivity index is 2.12. The molecule has 0 radical (unpaired) electrons. The summed E-state index contributed by atoms with van der Waals surface area (Å²) in [6, 6.07) is 7.00. The smallest absolute Gasteiger partial charge is 0.144 e. The van der Waals surface area contributed by atoms with Crippen LogP contribution in [0.1, 0.15) is 47.0 Å². The summed E-state index contributed by atoms with van der Waals surface area (Å²) in [5.74, 6) is 0.752. The summed E-state index contributed by atoms with van der Waals surface area (Å²) >= 11 is 0. The summed E-state index contributed by atoms with van der Waals surface area (Å²) in [4.78, 5) is 0. The van der Waals surface area contributed by atoms with E-state index in [0.717, 1.165) is 11.4 Å². The summed E-state index contributed by atoms with van der Waals surface area (Å²) < 4.78 is 5.74. The first kappa shape index (κ1) is 15.0. The third kappa shape index (κ3) is 3.57. The lowest BCUT2D eigenvalue weighted by atomic mass is 10.00. The molecule has 4 heteroatoms. The normalized spacial score (nSPS) is 23.9. The molecule has 1 aliphatic rings. The summed E-state index contributed by atoms with van der Waals surface area (Å²) in [5, 5.41) is 2.34. The van der Waals surface area contributed by atoms with Crippen molar-refractivity contribution in [1.82, 2.24) is 5.01 Å². The number of nitrogen functional groups attached to an aromatic ring is 1. The summed E-state index contributed by atoms with van der Waals surface area (Å²) in [6.45, 7) is 8.56. The Labute approximate surface area is 122 Å². The average Bonchev–Trinajstić information content (AvgIpc) is 2.37. The number of nitrogens with one attached hydrogen (secondary N) is 1. The first-order valence-corrected chi connectivity index (χ1v) is 7.58. The second-order valence-corrected chi connectivity index (χ2v) is 6.07. The van der Waals surface area contributed by atoms with Crippen LogP contribution >= 0.6 is 0 Å². The molecule has 1 fully saturated rings. The van der Waals surface area contributed by atoms with Crippen LogP contribution in [0.4, 0.5) is 11.4 Å². The minimum Gasteiger partial charge on any atom is -0.489 e. The molecular weight excluding hydrogens is 250 g/mol. The highest BCUT2D eigenvalue weighted by molar-refractivity contribution is 5.61. The molecule has 1 saturated heterocycles. The highest BCUT2D eigenvalue weighted by atomic mass is 16.5. The Morgan fingerprint density at radius 1 is 1.25 bits per heavy atom. The van der Waals surface area contributed by atoms with Crippen LogP contribution in [-0.2, 0) is 0 Å². The van der Waals surface area contributed by atoms with Gasteiger partial charge in [0.25, 0.3) is 0 Å². The lowest BCUT2D eigenvalue weighted by molar-refractivity contribution is 0.135. The van der Waals surface area contributed by atoms with Gasteiger partial charge in [0, 0.05) is 18.2 Å². The van der Waals surface area contributed by atoms with Crippen LogP contribution in [0.15, 0.2) is 18.2 Å². The van der Waals surface area contributed by atoms with E-state index in [1.807, 2.05) is 32.0 Å². The maximum atomic E-state index is 5.96. The van der Waals surface area contributed by atoms with Crippen molar-refractivity contribution in [3.8, 4) is 5.75 Å². The summed E-state index contributed by atoms with van der Waals surface area (Å²) in [7, 11) is 0. The SMILES string of the molecule is CC(C)Oc1cc(NN2C(C)CCCC2C)ccc1N. The number of nitrogens with zero attached hydrogens (tertiary/aromatic N) is 1. The van der Waals surface area contributed by atoms with Gasteiger partial charge >= 0.3 is 0 Å². The van der Waals surface area contributed by atoms with Gasteiger partial charge in [-0.3, -0.25) is 0 Å². The molecule has 1 aromatic carbocycles. The van der Waals surface area contributed by atoms with Crippen molar-refractivity contribution in [2.24, 2.45) is 0 Å². The van der Waals surface area contributed by atoms with Crippen molar-refractivity contribution < 1.29 is 4.74 Å². The molecule has 3 N–H and O–H groups in total. The zero-order valence-corrected chi connectivity index (χ0v) is 13.0. The maximum absolute atomic E-state index is 5.96. The van der Waals surface area contributed by atoms with Crippen LogP contribution in [0, 0.1) is 0 Å². The Kier molecular flexibility index (Phi) is 4.76. The van der Waals surface area contributed by atoms with Crippen molar-refractivity contribution in [2.75, 3.05) is 11.2 Å². The van der Waals surface area contributed by atoms with Gasteiger partial charge in [-0.2, -0.15) is 0 Å². The van der Waals surface area contributed by atoms with Crippen LogP contribution in [0.2, 0.25) is 0 Å². The summed E-state index contributed by atoms with van der Waals surface area (Å²) in [5.41, 5.74) is 11.2. The van der Waals surface area contributed by atoms with E-state index in [2.05, 4.69) is 24.3 Å². The molecule has 1 aromatic rings. The van der Waals surface area contributed by atoms with E-state index in [4.69, 9.17) is 10.5 Å². The van der Waals surface area contributed by atoms with Crippen LogP contribution in [0.25, 0.3) is 0 Å². The van der Waals surface area contributed by atoms with E-state index >= 15 is 0 Å². The van der Waals surface area contributed by atoms with Gasteiger partial charge in [-0.25, -0.2) is 5.01 Å². The highest BCUT2D eigenvalue weighted by Crippen LogP contribution is 2.29. The predicted molar refractivity (Wildman–Crippen MR) is 84.9 cm³/mol. The zero-order valence-electron chi connectivity index (χ0n) is 13.0. The lowest BCUT2D eigenvalue weighted by Crippen LogP contribution is -2.47. The number of benzene rings is 1. The van der Waals surface area contributed by atoms with Crippen LogP contribution in [0.3, 0.4) is 0 Å². The quantitative estimate of drug-likeness (QED) is 0.825. The van der Waals surface area contributed by atoms with Crippen LogP contribution in [0.5, 0.6) is 5.75 Å². The van der Waals surface area contributed by atoms with Gasteiger partial charge < -0.3 is 15.9 Å². The summed E-state index contributed by atoms with van der Waals surface area (Å²) in [6.07, 6.45) is 3.91. The van der Waals surface area contributed by atoms with Crippen molar-refractivity contribution in [1.29, 1.82) is 0 Å². The second-order valence-electron chi connectivity index (χ2n) is 6.07. The Hall–Kier alpha value is -1.42. The number of rotatable bonds is 4. The van der Waals surface area contributed by atoms with Gasteiger partial charge in [-0.1, -0.05) is 6.42 Å². The van der Waals surface area contributed by atoms with Crippen molar-refractivity contribution in [2.45, 2.75) is 65.1 Å². The van der Waals surface area contributed by atoms with Gasteiger partial charge in [0.15, 0.2) is 0 Å². The van der Waals surface area contributed by atoms with Gasteiger partial charge in [-0.15, -0.1) is 0 Å². The van der Waals surface area contributed by atoms with Gasteiger partial charge in [0.05, 0.1) is 17.5 Å². The number of anilines is 2. The Morgan fingerprint density at radius 3 is 2.50 bits per heavy atom. The minimum absolute atomic E-state index is 0.125. The van der Waals surface area contributed by atoms with Crippen molar-refractivity contribution in [3.05, 3.63) is 18.2 Å².